The molecule has 0 amide bonds. The van der Waals surface area contributed by atoms with Crippen molar-refractivity contribution in [1.82, 2.24) is 19.9 Å². The van der Waals surface area contributed by atoms with Crippen LogP contribution in [0.4, 0.5) is 0 Å². The molecule has 0 unspecified atom stereocenters. The highest BCUT2D eigenvalue weighted by Gasteiger charge is 2.51. The molecule has 5 nitrogen and oxygen atoms in total. The summed E-state index contributed by atoms with van der Waals surface area (Å²) in [5, 5.41) is 0. The molecule has 64 heavy (non-hydrogen) atoms. The van der Waals surface area contributed by atoms with E-state index in [9.17, 15) is 0 Å². The molecule has 1 spiro atoms. The molecule has 0 atom stereocenters. The van der Waals surface area contributed by atoms with E-state index in [0.717, 1.165) is 84.0 Å². The van der Waals surface area contributed by atoms with Gasteiger partial charge in [0.05, 0.1) is 5.41 Å². The molecule has 3 heterocycles. The largest absolute Gasteiger partial charge is 0.456 e. The fourth-order valence-electron chi connectivity index (χ4n) is 9.94. The summed E-state index contributed by atoms with van der Waals surface area (Å²) < 4.78 is 7.29. The zero-order valence-corrected chi connectivity index (χ0v) is 35.3. The fraction of sp³-hybridized carbons (Fsp3) is 0.0508. The maximum Gasteiger partial charge on any atom is 0.164 e. The monoisotopic (exact) mass is 820 g/mol. The van der Waals surface area contributed by atoms with E-state index in [-0.39, 0.29) is 0 Å². The molecule has 8 aromatic carbocycles. The first-order chi connectivity index (χ1) is 31.5. The number of ether oxygens (including phenoxy) is 1. The summed E-state index contributed by atoms with van der Waals surface area (Å²) in [5.41, 5.74) is 17.9. The Labute approximate surface area is 372 Å². The Kier molecular flexibility index (Phi) is 8.76. The lowest BCUT2D eigenvalue weighted by Crippen LogP contribution is -2.32. The standard InChI is InChI=1S/C59H40N4O/c1-37-34-49(38(2)60-36-37)40-30-28-39(29-31-40)44-20-9-10-21-45(44)48-24-15-27-52-55(48)64-54-33-32-43(35-53(54)59(52)50-25-13-11-22-46(50)47-23-12-14-26-51(47)59)58-62-56(41-16-5-3-6-17-41)61-57(63-58)42-18-7-4-8-19-42/h3-36H,1-2H3. The van der Waals surface area contributed by atoms with Gasteiger partial charge in [0.2, 0.25) is 0 Å². The number of aromatic nitrogens is 4. The van der Waals surface area contributed by atoms with Crippen molar-refractivity contribution in [2.45, 2.75) is 19.3 Å². The summed E-state index contributed by atoms with van der Waals surface area (Å²) in [6.07, 6.45) is 1.93. The van der Waals surface area contributed by atoms with Crippen molar-refractivity contribution in [3.05, 3.63) is 240 Å². The normalized spacial score (nSPS) is 12.8. The average Bonchev–Trinajstić information content (AvgIpc) is 3.65. The van der Waals surface area contributed by atoms with Gasteiger partial charge < -0.3 is 4.74 Å². The molecule has 10 aromatic rings. The number of benzene rings is 8. The number of pyridine rings is 1. The Morgan fingerprint density at radius 1 is 0.359 bits per heavy atom. The third-order valence-electron chi connectivity index (χ3n) is 12.9. The molecule has 0 fully saturated rings. The van der Waals surface area contributed by atoms with Crippen LogP contribution in [0.3, 0.4) is 0 Å². The smallest absolute Gasteiger partial charge is 0.164 e. The van der Waals surface area contributed by atoms with Crippen molar-refractivity contribution >= 4 is 0 Å². The SMILES string of the molecule is Cc1cnc(C)c(-c2ccc(-c3ccccc3-c3cccc4c3Oc3ccc(-c5nc(-c6ccccc6)nc(-c6ccccc6)n5)cc3C43c4ccccc4-c4ccccc43)cc2)c1. The Morgan fingerprint density at radius 2 is 0.844 bits per heavy atom. The summed E-state index contributed by atoms with van der Waals surface area (Å²) in [6.45, 7) is 4.16. The Morgan fingerprint density at radius 3 is 1.47 bits per heavy atom. The molecule has 0 saturated carbocycles. The highest BCUT2D eigenvalue weighted by atomic mass is 16.5. The van der Waals surface area contributed by atoms with Crippen LogP contribution >= 0.6 is 0 Å². The first-order valence-electron chi connectivity index (χ1n) is 21.7. The quantitative estimate of drug-likeness (QED) is 0.167. The van der Waals surface area contributed by atoms with Crippen molar-refractivity contribution < 1.29 is 4.74 Å². The van der Waals surface area contributed by atoms with Gasteiger partial charge in [-0.3, -0.25) is 4.98 Å². The average molecular weight is 821 g/mol. The summed E-state index contributed by atoms with van der Waals surface area (Å²) >= 11 is 0. The third-order valence-corrected chi connectivity index (χ3v) is 12.9. The van der Waals surface area contributed by atoms with Crippen LogP contribution in [-0.4, -0.2) is 19.9 Å². The van der Waals surface area contributed by atoms with Gasteiger partial charge in [0.15, 0.2) is 17.5 Å². The second kappa shape index (κ2) is 15.0. The second-order valence-electron chi connectivity index (χ2n) is 16.6. The van der Waals surface area contributed by atoms with Crippen molar-refractivity contribution in [2.75, 3.05) is 0 Å². The van der Waals surface area contributed by atoms with Crippen LogP contribution in [0.15, 0.2) is 206 Å². The maximum atomic E-state index is 7.29. The van der Waals surface area contributed by atoms with Crippen LogP contribution in [0.25, 0.3) is 78.7 Å². The molecule has 1 aliphatic carbocycles. The fourth-order valence-corrected chi connectivity index (χ4v) is 9.94. The summed E-state index contributed by atoms with van der Waals surface area (Å²) in [7, 11) is 0. The number of fused-ring (bicyclic) bond motifs is 9. The molecular formula is C59H40N4O. The van der Waals surface area contributed by atoms with Crippen LogP contribution in [0, 0.1) is 13.8 Å². The van der Waals surface area contributed by atoms with Gasteiger partial charge in [0, 0.05) is 50.8 Å². The molecule has 0 saturated heterocycles. The van der Waals surface area contributed by atoms with E-state index in [2.05, 4.69) is 158 Å². The van der Waals surface area contributed by atoms with Gasteiger partial charge in [-0.15, -0.1) is 0 Å². The van der Waals surface area contributed by atoms with Crippen molar-refractivity contribution in [1.29, 1.82) is 0 Å². The first kappa shape index (κ1) is 37.5. The van der Waals surface area contributed by atoms with E-state index in [1.54, 1.807) is 0 Å². The van der Waals surface area contributed by atoms with E-state index >= 15 is 0 Å². The van der Waals surface area contributed by atoms with Crippen LogP contribution < -0.4 is 4.74 Å². The molecule has 0 radical (unpaired) electrons. The van der Waals surface area contributed by atoms with Gasteiger partial charge in [-0.05, 0) is 88.2 Å². The number of hydrogen-bond donors (Lipinski definition) is 0. The zero-order valence-electron chi connectivity index (χ0n) is 35.3. The molecule has 12 rings (SSSR count). The minimum atomic E-state index is -0.712. The molecular weight excluding hydrogens is 781 g/mol. The van der Waals surface area contributed by atoms with Gasteiger partial charge in [-0.2, -0.15) is 0 Å². The molecule has 1 aliphatic heterocycles. The lowest BCUT2D eigenvalue weighted by Gasteiger charge is -2.40. The van der Waals surface area contributed by atoms with E-state index in [0.29, 0.717) is 17.5 Å². The predicted molar refractivity (Wildman–Crippen MR) is 257 cm³/mol. The molecule has 2 aliphatic rings. The van der Waals surface area contributed by atoms with E-state index in [1.807, 2.05) is 66.9 Å². The lowest BCUT2D eigenvalue weighted by atomic mass is 9.65. The molecule has 2 aromatic heterocycles. The predicted octanol–water partition coefficient (Wildman–Crippen LogP) is 14.4. The number of aryl methyl sites for hydroxylation is 2. The lowest BCUT2D eigenvalue weighted by molar-refractivity contribution is 0.438. The minimum absolute atomic E-state index is 0.596. The number of nitrogens with zero attached hydrogens (tertiary/aromatic N) is 4. The van der Waals surface area contributed by atoms with Gasteiger partial charge in [0.1, 0.15) is 11.5 Å². The van der Waals surface area contributed by atoms with Crippen LogP contribution in [-0.2, 0) is 5.41 Å². The Balaban J connectivity index is 1.06. The van der Waals surface area contributed by atoms with Crippen molar-refractivity contribution in [3.63, 3.8) is 0 Å². The molecule has 302 valence electrons. The van der Waals surface area contributed by atoms with Gasteiger partial charge >= 0.3 is 0 Å². The van der Waals surface area contributed by atoms with E-state index in [1.165, 1.54) is 22.3 Å². The topological polar surface area (TPSA) is 60.8 Å². The number of rotatable bonds is 6. The van der Waals surface area contributed by atoms with Crippen molar-refractivity contribution in [3.8, 4) is 90.2 Å². The van der Waals surface area contributed by atoms with Gasteiger partial charge in [-0.25, -0.2) is 15.0 Å². The molecule has 0 bridgehead atoms. The number of hydrogen-bond acceptors (Lipinski definition) is 5. The summed E-state index contributed by atoms with van der Waals surface area (Å²) in [6, 6.07) is 70.8. The summed E-state index contributed by atoms with van der Waals surface area (Å²) in [5.74, 6) is 3.47. The third kappa shape index (κ3) is 5.93. The minimum Gasteiger partial charge on any atom is -0.456 e. The summed E-state index contributed by atoms with van der Waals surface area (Å²) in [4.78, 5) is 19.9. The zero-order chi connectivity index (χ0) is 42.8. The first-order valence-corrected chi connectivity index (χ1v) is 21.7. The highest BCUT2D eigenvalue weighted by Crippen LogP contribution is 2.63. The van der Waals surface area contributed by atoms with Crippen LogP contribution in [0.5, 0.6) is 11.5 Å². The Hall–Kier alpha value is -8.28. The van der Waals surface area contributed by atoms with Crippen LogP contribution in [0.2, 0.25) is 0 Å². The van der Waals surface area contributed by atoms with Gasteiger partial charge in [0.25, 0.3) is 0 Å². The Bertz CT molecular complexity index is 3330. The van der Waals surface area contributed by atoms with Crippen LogP contribution in [0.1, 0.15) is 33.5 Å². The maximum absolute atomic E-state index is 7.29. The van der Waals surface area contributed by atoms with E-state index < -0.39 is 5.41 Å². The van der Waals surface area contributed by atoms with Crippen molar-refractivity contribution in [2.24, 2.45) is 0 Å². The number of para-hydroxylation sites is 1. The second-order valence-corrected chi connectivity index (χ2v) is 16.6. The van der Waals surface area contributed by atoms with E-state index in [4.69, 9.17) is 19.7 Å². The highest BCUT2D eigenvalue weighted by molar-refractivity contribution is 5.93. The molecule has 0 N–H and O–H groups in total. The molecule has 5 heteroatoms. The van der Waals surface area contributed by atoms with Gasteiger partial charge in [-0.1, -0.05) is 176 Å².